The summed E-state index contributed by atoms with van der Waals surface area (Å²) >= 11 is 1.17. The molecular formula is C24H28N6O7S3. The molecular weight excluding hydrogens is 581 g/mol. The van der Waals surface area contributed by atoms with Gasteiger partial charge in [-0.15, -0.1) is 21.5 Å². The van der Waals surface area contributed by atoms with Crippen LogP contribution in [0.15, 0.2) is 46.9 Å². The first kappa shape index (κ1) is 29.7. The highest BCUT2D eigenvalue weighted by Gasteiger charge is 2.36. The maximum Gasteiger partial charge on any atom is 0.274 e. The van der Waals surface area contributed by atoms with Crippen LogP contribution in [0.2, 0.25) is 0 Å². The van der Waals surface area contributed by atoms with Crippen molar-refractivity contribution in [3.05, 3.63) is 64.8 Å². The first-order chi connectivity index (χ1) is 19.0. The van der Waals surface area contributed by atoms with E-state index in [-0.39, 0.29) is 35.0 Å². The van der Waals surface area contributed by atoms with Gasteiger partial charge in [0.1, 0.15) is 5.01 Å². The zero-order valence-corrected chi connectivity index (χ0v) is 24.1. The molecule has 0 saturated heterocycles. The molecule has 40 heavy (non-hydrogen) atoms. The standard InChI is InChI=1S/C24H28N6O7S3/c1-3-11-39(32,33)21(23-30-29-20(37-23)14-27-40(25,34)35)24-28-18-8-7-16(13-19(18)38-24)15-5-4-6-17(12-15)22(31)26-9-10-36-2/h4-8,12-13,21,27H,3,9-11,14H2,1-2H3,(H,26,31)(H2,25,34,35). The molecule has 0 radical (unpaired) electrons. The number of nitrogens with one attached hydrogen (secondary N) is 2. The van der Waals surface area contributed by atoms with E-state index in [1.165, 1.54) is 11.3 Å². The summed E-state index contributed by atoms with van der Waals surface area (Å²) < 4.78 is 62.2. The molecule has 1 atom stereocenters. The predicted octanol–water partition coefficient (Wildman–Crippen LogP) is 1.93. The number of nitrogens with zero attached hydrogens (tertiary/aromatic N) is 3. The molecule has 2 aromatic carbocycles. The molecule has 4 N–H and O–H groups in total. The fraction of sp³-hybridized carbons (Fsp3) is 0.333. The lowest BCUT2D eigenvalue weighted by Crippen LogP contribution is -2.30. The minimum atomic E-state index is -4.01. The van der Waals surface area contributed by atoms with Crippen molar-refractivity contribution in [3.63, 3.8) is 0 Å². The minimum absolute atomic E-state index is 0.143. The second-order valence-corrected chi connectivity index (χ2v) is 13.4. The number of carbonyl (C=O) groups excluding carboxylic acids is 1. The van der Waals surface area contributed by atoms with E-state index in [2.05, 4.69) is 20.5 Å². The number of thiazole rings is 1. The van der Waals surface area contributed by atoms with Crippen molar-refractivity contribution in [2.24, 2.45) is 5.14 Å². The first-order valence-electron chi connectivity index (χ1n) is 12.1. The molecule has 0 aliphatic heterocycles. The van der Waals surface area contributed by atoms with Crippen LogP contribution in [0.5, 0.6) is 0 Å². The van der Waals surface area contributed by atoms with Crippen LogP contribution in [0.25, 0.3) is 21.3 Å². The zero-order chi connectivity index (χ0) is 28.9. The number of hydrogen-bond donors (Lipinski definition) is 3. The molecule has 16 heteroatoms. The largest absolute Gasteiger partial charge is 0.422 e. The third-order valence-corrected chi connectivity index (χ3v) is 9.56. The normalized spacial score (nSPS) is 13.0. The van der Waals surface area contributed by atoms with Gasteiger partial charge in [-0.2, -0.15) is 13.1 Å². The van der Waals surface area contributed by atoms with Crippen LogP contribution in [0.4, 0.5) is 0 Å². The van der Waals surface area contributed by atoms with Crippen LogP contribution in [0, 0.1) is 0 Å². The van der Waals surface area contributed by atoms with Crippen molar-refractivity contribution in [1.82, 2.24) is 25.2 Å². The van der Waals surface area contributed by atoms with Gasteiger partial charge in [0, 0.05) is 19.2 Å². The molecule has 0 bridgehead atoms. The highest BCUT2D eigenvalue weighted by atomic mass is 32.2. The van der Waals surface area contributed by atoms with Crippen molar-refractivity contribution in [1.29, 1.82) is 0 Å². The number of ether oxygens (including phenoxy) is 1. The van der Waals surface area contributed by atoms with Crippen molar-refractivity contribution in [2.45, 2.75) is 25.1 Å². The summed E-state index contributed by atoms with van der Waals surface area (Å²) in [6.07, 6.45) is 0.358. The van der Waals surface area contributed by atoms with E-state index in [0.29, 0.717) is 30.7 Å². The smallest absolute Gasteiger partial charge is 0.274 e. The van der Waals surface area contributed by atoms with Gasteiger partial charge in [-0.05, 0) is 41.8 Å². The monoisotopic (exact) mass is 608 g/mol. The van der Waals surface area contributed by atoms with Crippen molar-refractivity contribution < 1.29 is 30.8 Å². The van der Waals surface area contributed by atoms with Gasteiger partial charge in [-0.25, -0.2) is 18.5 Å². The highest BCUT2D eigenvalue weighted by molar-refractivity contribution is 7.92. The molecule has 2 heterocycles. The molecule has 214 valence electrons. The Kier molecular flexibility index (Phi) is 9.27. The quantitative estimate of drug-likeness (QED) is 0.189. The second kappa shape index (κ2) is 12.5. The van der Waals surface area contributed by atoms with Crippen LogP contribution in [-0.4, -0.2) is 63.9 Å². The number of aromatic nitrogens is 3. The van der Waals surface area contributed by atoms with Crippen molar-refractivity contribution in [2.75, 3.05) is 26.0 Å². The van der Waals surface area contributed by atoms with Crippen molar-refractivity contribution in [3.8, 4) is 11.1 Å². The SMILES string of the molecule is CCCS(=O)(=O)C(c1nnc(CNS(N)(=O)=O)o1)c1nc2ccc(-c3cccc(C(=O)NCCOC)c3)cc2s1. The molecule has 4 aromatic rings. The molecule has 1 amide bonds. The summed E-state index contributed by atoms with van der Waals surface area (Å²) in [6.45, 7) is 2.14. The topological polar surface area (TPSA) is 196 Å². The van der Waals surface area contributed by atoms with Crippen LogP contribution >= 0.6 is 11.3 Å². The Morgan fingerprint density at radius 1 is 1.12 bits per heavy atom. The number of amides is 1. The lowest BCUT2D eigenvalue weighted by Gasteiger charge is -2.10. The van der Waals surface area contributed by atoms with Crippen molar-refractivity contribution >= 4 is 47.5 Å². The Labute approximate surface area is 235 Å². The number of hydrogen-bond acceptors (Lipinski definition) is 11. The molecule has 1 unspecified atom stereocenters. The molecule has 0 aliphatic carbocycles. The Morgan fingerprint density at radius 3 is 2.62 bits per heavy atom. The molecule has 0 aliphatic rings. The maximum absolute atomic E-state index is 13.3. The summed E-state index contributed by atoms with van der Waals surface area (Å²) in [6, 6.07) is 12.6. The van der Waals surface area contributed by atoms with Gasteiger partial charge < -0.3 is 14.5 Å². The lowest BCUT2D eigenvalue weighted by atomic mass is 10.0. The average molecular weight is 609 g/mol. The molecule has 2 aromatic heterocycles. The maximum atomic E-state index is 13.3. The molecule has 0 spiro atoms. The van der Waals surface area contributed by atoms with E-state index in [0.717, 1.165) is 15.8 Å². The van der Waals surface area contributed by atoms with E-state index < -0.39 is 25.3 Å². The number of sulfone groups is 1. The third kappa shape index (κ3) is 7.26. The third-order valence-electron chi connectivity index (χ3n) is 5.66. The van der Waals surface area contributed by atoms with Crippen LogP contribution in [0.3, 0.4) is 0 Å². The summed E-state index contributed by atoms with van der Waals surface area (Å²) in [5.74, 6) is -0.728. The molecule has 13 nitrogen and oxygen atoms in total. The van der Waals surface area contributed by atoms with Gasteiger partial charge in [-0.1, -0.05) is 25.1 Å². The summed E-state index contributed by atoms with van der Waals surface area (Å²) in [5.41, 5.74) is 2.68. The van der Waals surface area contributed by atoms with E-state index in [1.807, 2.05) is 22.9 Å². The van der Waals surface area contributed by atoms with Gasteiger partial charge >= 0.3 is 0 Å². The van der Waals surface area contributed by atoms with E-state index in [1.54, 1.807) is 38.3 Å². The number of nitrogens with two attached hydrogens (primary N) is 1. The van der Waals surface area contributed by atoms with E-state index in [9.17, 15) is 21.6 Å². The summed E-state index contributed by atoms with van der Waals surface area (Å²) in [4.78, 5) is 17.0. The molecule has 0 fully saturated rings. The zero-order valence-electron chi connectivity index (χ0n) is 21.7. The van der Waals surface area contributed by atoms with Gasteiger partial charge in [0.25, 0.3) is 16.1 Å². The van der Waals surface area contributed by atoms with Crippen LogP contribution in [-0.2, 0) is 31.3 Å². The molecule has 4 rings (SSSR count). The summed E-state index contributed by atoms with van der Waals surface area (Å²) in [7, 11) is -6.26. The van der Waals surface area contributed by atoms with Gasteiger partial charge in [0.2, 0.25) is 11.8 Å². The molecule has 0 saturated carbocycles. The fourth-order valence-corrected chi connectivity index (χ4v) is 7.32. The number of carbonyl (C=O) groups is 1. The summed E-state index contributed by atoms with van der Waals surface area (Å²) in [5, 5.41) is 14.3. The Morgan fingerprint density at radius 2 is 1.90 bits per heavy atom. The van der Waals surface area contributed by atoms with Crippen LogP contribution < -0.4 is 15.2 Å². The van der Waals surface area contributed by atoms with Crippen LogP contribution in [0.1, 0.15) is 45.7 Å². The second-order valence-electron chi connectivity index (χ2n) is 8.71. The van der Waals surface area contributed by atoms with Gasteiger partial charge in [0.15, 0.2) is 15.1 Å². The predicted molar refractivity (Wildman–Crippen MR) is 149 cm³/mol. The van der Waals surface area contributed by atoms with Gasteiger partial charge in [0.05, 0.1) is 29.1 Å². The van der Waals surface area contributed by atoms with E-state index in [4.69, 9.17) is 14.3 Å². The highest BCUT2D eigenvalue weighted by Crippen LogP contribution is 2.37. The Hall–Kier alpha value is -3.28. The van der Waals surface area contributed by atoms with Gasteiger partial charge in [-0.3, -0.25) is 4.79 Å². The Balaban J connectivity index is 1.67. The fourth-order valence-electron chi connectivity index (χ4n) is 3.86. The lowest BCUT2D eigenvalue weighted by molar-refractivity contribution is 0.0937. The average Bonchev–Trinajstić information content (AvgIpc) is 3.53. The number of fused-ring (bicyclic) bond motifs is 1. The number of methoxy groups -OCH3 is 1. The Bertz CT molecular complexity index is 1720. The number of rotatable bonds is 13. The van der Waals surface area contributed by atoms with E-state index >= 15 is 0 Å². The number of benzene rings is 2. The first-order valence-corrected chi connectivity index (χ1v) is 16.2. The minimum Gasteiger partial charge on any atom is -0.422 e.